The van der Waals surface area contributed by atoms with Crippen molar-refractivity contribution in [3.05, 3.63) is 17.0 Å². The third-order valence-corrected chi connectivity index (χ3v) is 5.27. The summed E-state index contributed by atoms with van der Waals surface area (Å²) in [5.74, 6) is -1.14. The number of rotatable bonds is 4. The highest BCUT2D eigenvalue weighted by molar-refractivity contribution is 7.14. The summed E-state index contributed by atoms with van der Waals surface area (Å²) in [5, 5.41) is 13.7. The van der Waals surface area contributed by atoms with E-state index in [0.717, 1.165) is 0 Å². The van der Waals surface area contributed by atoms with Crippen molar-refractivity contribution in [1.29, 1.82) is 5.26 Å². The van der Waals surface area contributed by atoms with Crippen molar-refractivity contribution in [2.75, 3.05) is 18.4 Å². The molecular formula is C19H25N3O4S. The number of esters is 1. The fourth-order valence-corrected chi connectivity index (χ4v) is 3.56. The molecule has 7 nitrogen and oxygen atoms in total. The fourth-order valence-electron chi connectivity index (χ4n) is 2.82. The molecule has 8 heteroatoms. The summed E-state index contributed by atoms with van der Waals surface area (Å²) in [5.41, 5.74) is -0.0629. The van der Waals surface area contributed by atoms with E-state index in [-0.39, 0.29) is 11.8 Å². The number of hydrogen-bond acceptors (Lipinski definition) is 6. The van der Waals surface area contributed by atoms with E-state index < -0.39 is 23.4 Å². The molecule has 1 aliphatic heterocycles. The SMILES string of the molecule is C[C@@H](OC(=O)C1CCN(C(=O)C(C)(C)C)CC1)C(=O)Nc1sccc1C#N. The molecule has 1 N–H and O–H groups in total. The van der Waals surface area contributed by atoms with Crippen LogP contribution in [0.5, 0.6) is 0 Å². The Bertz CT molecular complexity index is 752. The number of nitriles is 1. The topological polar surface area (TPSA) is 99.5 Å². The highest BCUT2D eigenvalue weighted by atomic mass is 32.1. The molecule has 0 bridgehead atoms. The Hall–Kier alpha value is -2.40. The summed E-state index contributed by atoms with van der Waals surface area (Å²) < 4.78 is 5.30. The summed E-state index contributed by atoms with van der Waals surface area (Å²) in [4.78, 5) is 38.6. The van der Waals surface area contributed by atoms with Gasteiger partial charge in [0.2, 0.25) is 5.91 Å². The summed E-state index contributed by atoms with van der Waals surface area (Å²) in [7, 11) is 0. The maximum Gasteiger partial charge on any atom is 0.309 e. The lowest BCUT2D eigenvalue weighted by Crippen LogP contribution is -2.45. The number of amides is 2. The Morgan fingerprint density at radius 1 is 1.33 bits per heavy atom. The monoisotopic (exact) mass is 391 g/mol. The number of ether oxygens (including phenoxy) is 1. The van der Waals surface area contributed by atoms with Gasteiger partial charge in [-0.3, -0.25) is 14.4 Å². The molecular weight excluding hydrogens is 366 g/mol. The Morgan fingerprint density at radius 3 is 2.52 bits per heavy atom. The first-order chi connectivity index (χ1) is 12.6. The number of carbonyl (C=O) groups is 3. The van der Waals surface area contributed by atoms with Crippen LogP contribution in [0.2, 0.25) is 0 Å². The van der Waals surface area contributed by atoms with E-state index in [0.29, 0.717) is 36.5 Å². The third-order valence-electron chi connectivity index (χ3n) is 4.44. The van der Waals surface area contributed by atoms with Gasteiger partial charge < -0.3 is 15.0 Å². The minimum atomic E-state index is -0.958. The summed E-state index contributed by atoms with van der Waals surface area (Å²) in [6, 6.07) is 3.61. The second-order valence-corrected chi connectivity index (χ2v) is 8.58. The van der Waals surface area contributed by atoms with E-state index >= 15 is 0 Å². The van der Waals surface area contributed by atoms with Crippen molar-refractivity contribution in [2.45, 2.75) is 46.6 Å². The first kappa shape index (κ1) is 20.9. The molecule has 0 unspecified atom stereocenters. The maximum absolute atomic E-state index is 12.4. The first-order valence-electron chi connectivity index (χ1n) is 8.91. The van der Waals surface area contributed by atoms with Crippen LogP contribution in [0.25, 0.3) is 0 Å². The molecule has 0 aromatic carbocycles. The molecule has 27 heavy (non-hydrogen) atoms. The van der Waals surface area contributed by atoms with Gasteiger partial charge in [-0.05, 0) is 31.2 Å². The highest BCUT2D eigenvalue weighted by Gasteiger charge is 2.34. The number of hydrogen-bond donors (Lipinski definition) is 1. The van der Waals surface area contributed by atoms with Crippen molar-refractivity contribution in [3.8, 4) is 6.07 Å². The molecule has 0 saturated carbocycles. The van der Waals surface area contributed by atoms with Crippen LogP contribution < -0.4 is 5.32 Å². The zero-order valence-electron chi connectivity index (χ0n) is 16.1. The van der Waals surface area contributed by atoms with Crippen LogP contribution in [0.1, 0.15) is 46.1 Å². The lowest BCUT2D eigenvalue weighted by Gasteiger charge is -2.35. The highest BCUT2D eigenvalue weighted by Crippen LogP contribution is 2.25. The number of thiophene rings is 1. The Balaban J connectivity index is 1.84. The van der Waals surface area contributed by atoms with Crippen LogP contribution in [-0.2, 0) is 19.1 Å². The molecule has 1 fully saturated rings. The molecule has 1 atom stereocenters. The van der Waals surface area contributed by atoms with Crippen molar-refractivity contribution >= 4 is 34.1 Å². The second-order valence-electron chi connectivity index (χ2n) is 7.66. The summed E-state index contributed by atoms with van der Waals surface area (Å²) >= 11 is 1.24. The van der Waals surface area contributed by atoms with Gasteiger partial charge in [0.15, 0.2) is 6.10 Å². The predicted molar refractivity (Wildman–Crippen MR) is 102 cm³/mol. The van der Waals surface area contributed by atoms with Crippen LogP contribution in [0.4, 0.5) is 5.00 Å². The van der Waals surface area contributed by atoms with E-state index in [1.807, 2.05) is 26.8 Å². The largest absolute Gasteiger partial charge is 0.452 e. The van der Waals surface area contributed by atoms with Crippen molar-refractivity contribution < 1.29 is 19.1 Å². The molecule has 0 spiro atoms. The van der Waals surface area contributed by atoms with Crippen LogP contribution in [0.3, 0.4) is 0 Å². The average Bonchev–Trinajstić information content (AvgIpc) is 3.07. The minimum Gasteiger partial charge on any atom is -0.452 e. The Labute approximate surface area is 163 Å². The van der Waals surface area contributed by atoms with Crippen molar-refractivity contribution in [2.24, 2.45) is 11.3 Å². The smallest absolute Gasteiger partial charge is 0.309 e. The van der Waals surface area contributed by atoms with Gasteiger partial charge in [-0.1, -0.05) is 20.8 Å². The molecule has 146 valence electrons. The molecule has 1 aromatic heterocycles. The molecule has 0 radical (unpaired) electrons. The van der Waals surface area contributed by atoms with Gasteiger partial charge in [-0.15, -0.1) is 11.3 Å². The number of carbonyl (C=O) groups excluding carboxylic acids is 3. The van der Waals surface area contributed by atoms with Crippen LogP contribution in [0, 0.1) is 22.7 Å². The van der Waals surface area contributed by atoms with Crippen LogP contribution in [-0.4, -0.2) is 41.9 Å². The summed E-state index contributed by atoms with van der Waals surface area (Å²) in [6.45, 7) is 8.16. The standard InChI is InChI=1S/C19H25N3O4S/c1-12(15(23)21-16-14(11-20)7-10-27-16)26-17(24)13-5-8-22(9-6-13)18(25)19(2,3)4/h7,10,12-13H,5-6,8-9H2,1-4H3,(H,21,23)/t12-/m1/s1. The number of likely N-dealkylation sites (tertiary alicyclic amines) is 1. The van der Waals surface area contributed by atoms with Gasteiger partial charge in [0.05, 0.1) is 11.5 Å². The van der Waals surface area contributed by atoms with Gasteiger partial charge >= 0.3 is 5.97 Å². The molecule has 2 heterocycles. The van der Waals surface area contributed by atoms with Crippen LogP contribution in [0.15, 0.2) is 11.4 Å². The van der Waals surface area contributed by atoms with Gasteiger partial charge in [0, 0.05) is 18.5 Å². The average molecular weight is 391 g/mol. The number of nitrogens with one attached hydrogen (secondary N) is 1. The van der Waals surface area contributed by atoms with Crippen molar-refractivity contribution in [3.63, 3.8) is 0 Å². The molecule has 2 amide bonds. The second kappa shape index (κ2) is 8.53. The third kappa shape index (κ3) is 5.30. The zero-order chi connectivity index (χ0) is 20.2. The van der Waals surface area contributed by atoms with E-state index in [1.54, 1.807) is 16.3 Å². The molecule has 1 aromatic rings. The minimum absolute atomic E-state index is 0.0753. The van der Waals surface area contributed by atoms with Gasteiger partial charge in [0.1, 0.15) is 11.1 Å². The maximum atomic E-state index is 12.4. The molecule has 1 saturated heterocycles. The Morgan fingerprint density at radius 2 is 1.96 bits per heavy atom. The van der Waals surface area contributed by atoms with E-state index in [2.05, 4.69) is 5.32 Å². The van der Waals surface area contributed by atoms with Crippen LogP contribution >= 0.6 is 11.3 Å². The zero-order valence-corrected chi connectivity index (χ0v) is 16.9. The fraction of sp³-hybridized carbons (Fsp3) is 0.579. The number of piperidine rings is 1. The number of anilines is 1. The lowest BCUT2D eigenvalue weighted by atomic mass is 9.91. The predicted octanol–water partition coefficient (Wildman–Crippen LogP) is 2.77. The summed E-state index contributed by atoms with van der Waals surface area (Å²) in [6.07, 6.45) is 0.0946. The number of nitrogens with zero attached hydrogens (tertiary/aromatic N) is 2. The normalized spacial score (nSPS) is 16.3. The lowest BCUT2D eigenvalue weighted by molar-refractivity contribution is -0.160. The van der Waals surface area contributed by atoms with Gasteiger partial charge in [-0.2, -0.15) is 5.26 Å². The molecule has 1 aliphatic rings. The quantitative estimate of drug-likeness (QED) is 0.796. The van der Waals surface area contributed by atoms with E-state index in [4.69, 9.17) is 10.00 Å². The van der Waals surface area contributed by atoms with Gasteiger partial charge in [0.25, 0.3) is 5.91 Å². The van der Waals surface area contributed by atoms with Gasteiger partial charge in [-0.25, -0.2) is 0 Å². The Kier molecular flexibility index (Phi) is 6.60. The molecule has 2 rings (SSSR count). The van der Waals surface area contributed by atoms with E-state index in [1.165, 1.54) is 18.3 Å². The molecule has 0 aliphatic carbocycles. The first-order valence-corrected chi connectivity index (χ1v) is 9.79. The van der Waals surface area contributed by atoms with E-state index in [9.17, 15) is 14.4 Å². The van der Waals surface area contributed by atoms with Crippen molar-refractivity contribution in [1.82, 2.24) is 4.90 Å².